The molecule has 0 atom stereocenters. The molecule has 192 valence electrons. The van der Waals surface area contributed by atoms with Crippen molar-refractivity contribution in [1.82, 2.24) is 0 Å². The number of carbonyl (C=O) groups excluding carboxylic acids is 1. The fourth-order valence-corrected chi connectivity index (χ4v) is 4.95. The Bertz CT molecular complexity index is 1330. The van der Waals surface area contributed by atoms with Gasteiger partial charge in [0.25, 0.3) is 0 Å². The Morgan fingerprint density at radius 2 is 1.58 bits per heavy atom. The van der Waals surface area contributed by atoms with Gasteiger partial charge in [-0.15, -0.1) is 0 Å². The van der Waals surface area contributed by atoms with Crippen LogP contribution in [-0.4, -0.2) is 27.6 Å². The maximum Gasteiger partial charge on any atom is 0.416 e. The lowest BCUT2D eigenvalue weighted by molar-refractivity contribution is -0.145. The third-order valence-corrected chi connectivity index (χ3v) is 7.14. The Labute approximate surface area is 207 Å². The van der Waals surface area contributed by atoms with E-state index in [1.165, 1.54) is 42.5 Å². The van der Waals surface area contributed by atoms with Crippen LogP contribution in [-0.2, 0) is 32.2 Å². The molecule has 0 spiro atoms. The predicted molar refractivity (Wildman–Crippen MR) is 126 cm³/mol. The number of hydrogen-bond donors (Lipinski definition) is 0. The van der Waals surface area contributed by atoms with Crippen LogP contribution in [0.3, 0.4) is 0 Å². The summed E-state index contributed by atoms with van der Waals surface area (Å²) in [5, 5.41) is 0. The zero-order valence-electron chi connectivity index (χ0n) is 19.9. The number of alkyl halides is 3. The maximum atomic E-state index is 13.2. The molecule has 0 fully saturated rings. The number of halogens is 3. The second-order valence-corrected chi connectivity index (χ2v) is 9.85. The fourth-order valence-electron chi connectivity index (χ4n) is 3.39. The van der Waals surface area contributed by atoms with E-state index in [-0.39, 0.29) is 29.6 Å². The zero-order chi connectivity index (χ0) is 26.5. The molecule has 0 radical (unpaired) electrons. The van der Waals surface area contributed by atoms with Gasteiger partial charge in [0.15, 0.2) is 6.61 Å². The van der Waals surface area contributed by atoms with Gasteiger partial charge in [-0.3, -0.25) is 0 Å². The quantitative estimate of drug-likeness (QED) is 0.337. The summed E-state index contributed by atoms with van der Waals surface area (Å²) in [6.07, 6.45) is -4.41. The summed E-state index contributed by atoms with van der Waals surface area (Å²) in [5.74, 6) is 0.223. The molecule has 0 aliphatic carbocycles. The van der Waals surface area contributed by atoms with Crippen molar-refractivity contribution >= 4 is 15.8 Å². The molecule has 0 aliphatic heterocycles. The zero-order valence-corrected chi connectivity index (χ0v) is 20.7. The van der Waals surface area contributed by atoms with E-state index in [1.54, 1.807) is 26.8 Å². The average Bonchev–Trinajstić information content (AvgIpc) is 2.81. The van der Waals surface area contributed by atoms with Crippen molar-refractivity contribution in [2.24, 2.45) is 0 Å². The molecular formula is C26H25F3O6S. The van der Waals surface area contributed by atoms with Crippen LogP contribution in [0.15, 0.2) is 70.5 Å². The molecule has 0 unspecified atom stereocenters. The maximum absolute atomic E-state index is 13.2. The number of carbonyl (C=O) groups is 1. The molecule has 3 aromatic rings. The molecule has 6 nitrogen and oxygen atoms in total. The van der Waals surface area contributed by atoms with Crippen LogP contribution < -0.4 is 9.47 Å². The predicted octanol–water partition coefficient (Wildman–Crippen LogP) is 5.68. The Hall–Kier alpha value is -3.53. The summed E-state index contributed by atoms with van der Waals surface area (Å²) in [5.41, 5.74) is 0.776. The largest absolute Gasteiger partial charge is 0.489 e. The number of benzene rings is 3. The van der Waals surface area contributed by atoms with Crippen LogP contribution >= 0.6 is 0 Å². The van der Waals surface area contributed by atoms with E-state index in [0.29, 0.717) is 28.2 Å². The van der Waals surface area contributed by atoms with Crippen LogP contribution in [0, 0.1) is 13.8 Å². The second-order valence-electron chi connectivity index (χ2n) is 7.94. The van der Waals surface area contributed by atoms with Gasteiger partial charge in [-0.25, -0.2) is 13.2 Å². The molecule has 0 aliphatic rings. The van der Waals surface area contributed by atoms with Gasteiger partial charge < -0.3 is 14.2 Å². The normalized spacial score (nSPS) is 11.7. The molecule has 0 heterocycles. The van der Waals surface area contributed by atoms with E-state index in [9.17, 15) is 26.4 Å². The van der Waals surface area contributed by atoms with Crippen molar-refractivity contribution in [3.05, 3.63) is 82.9 Å². The molecule has 10 heteroatoms. The molecule has 36 heavy (non-hydrogen) atoms. The third kappa shape index (κ3) is 6.57. The summed E-state index contributed by atoms with van der Waals surface area (Å²) >= 11 is 0. The molecule has 0 amide bonds. The fraction of sp³-hybridized carbons (Fsp3) is 0.269. The number of rotatable bonds is 9. The van der Waals surface area contributed by atoms with Crippen LogP contribution in [0.5, 0.6) is 11.5 Å². The molecule has 3 aromatic carbocycles. The van der Waals surface area contributed by atoms with Crippen molar-refractivity contribution < 1.29 is 40.6 Å². The van der Waals surface area contributed by atoms with E-state index in [4.69, 9.17) is 14.2 Å². The standard InChI is InChI=1S/C26H25F3O6S/c1-4-33-25(30)16-35-23-11-10-22(14-17(23)2)36(31,32)24-12-9-21(13-18(24)3)34-15-19-5-7-20(8-6-19)26(27,28)29/h5-14H,4,15-16H2,1-3H3. The van der Waals surface area contributed by atoms with Gasteiger partial charge in [-0.05, 0) is 86.0 Å². The first kappa shape index (κ1) is 27.1. The Kier molecular flexibility index (Phi) is 8.29. The molecule has 3 rings (SSSR count). The first-order valence-electron chi connectivity index (χ1n) is 11.0. The number of sulfone groups is 1. The molecule has 0 saturated carbocycles. The third-order valence-electron chi connectivity index (χ3n) is 5.23. The van der Waals surface area contributed by atoms with Crippen molar-refractivity contribution in [2.45, 2.75) is 43.3 Å². The summed E-state index contributed by atoms with van der Waals surface area (Å²) in [7, 11) is -3.86. The number of ether oxygens (including phenoxy) is 3. The van der Waals surface area contributed by atoms with Gasteiger partial charge >= 0.3 is 12.1 Å². The van der Waals surface area contributed by atoms with Crippen molar-refractivity contribution in [2.75, 3.05) is 13.2 Å². The number of aryl methyl sites for hydroxylation is 2. The first-order valence-corrected chi connectivity index (χ1v) is 12.4. The second kappa shape index (κ2) is 11.0. The van der Waals surface area contributed by atoms with E-state index in [2.05, 4.69) is 0 Å². The smallest absolute Gasteiger partial charge is 0.416 e. The Morgan fingerprint density at radius 1 is 0.889 bits per heavy atom. The number of hydrogen-bond acceptors (Lipinski definition) is 6. The van der Waals surface area contributed by atoms with Gasteiger partial charge in [0.1, 0.15) is 18.1 Å². The van der Waals surface area contributed by atoms with Gasteiger partial charge in [0, 0.05) is 0 Å². The number of esters is 1. The van der Waals surface area contributed by atoms with Crippen LogP contribution in [0.4, 0.5) is 13.2 Å². The highest BCUT2D eigenvalue weighted by molar-refractivity contribution is 7.91. The van der Waals surface area contributed by atoms with E-state index < -0.39 is 27.5 Å². The highest BCUT2D eigenvalue weighted by Crippen LogP contribution is 2.31. The monoisotopic (exact) mass is 522 g/mol. The van der Waals surface area contributed by atoms with E-state index in [0.717, 1.165) is 12.1 Å². The molecule has 0 bridgehead atoms. The highest BCUT2D eigenvalue weighted by Gasteiger charge is 2.30. The minimum Gasteiger partial charge on any atom is -0.489 e. The van der Waals surface area contributed by atoms with Gasteiger partial charge in [0.2, 0.25) is 9.84 Å². The summed E-state index contributed by atoms with van der Waals surface area (Å²) < 4.78 is 80.4. The first-order chi connectivity index (χ1) is 16.9. The van der Waals surface area contributed by atoms with Crippen LogP contribution in [0.2, 0.25) is 0 Å². The van der Waals surface area contributed by atoms with Crippen molar-refractivity contribution in [3.8, 4) is 11.5 Å². The lowest BCUT2D eigenvalue weighted by Crippen LogP contribution is -2.15. The van der Waals surface area contributed by atoms with Gasteiger partial charge in [-0.2, -0.15) is 13.2 Å². The lowest BCUT2D eigenvalue weighted by Gasteiger charge is -2.13. The molecular weight excluding hydrogens is 497 g/mol. The minimum absolute atomic E-state index is 0.0239. The Balaban J connectivity index is 1.71. The summed E-state index contributed by atoms with van der Waals surface area (Å²) in [6, 6.07) is 13.4. The van der Waals surface area contributed by atoms with Gasteiger partial charge in [-0.1, -0.05) is 12.1 Å². The summed E-state index contributed by atoms with van der Waals surface area (Å²) in [4.78, 5) is 11.6. The van der Waals surface area contributed by atoms with Gasteiger partial charge in [0.05, 0.1) is 22.0 Å². The summed E-state index contributed by atoms with van der Waals surface area (Å²) in [6.45, 7) is 4.95. The molecule has 0 saturated heterocycles. The highest BCUT2D eigenvalue weighted by atomic mass is 32.2. The van der Waals surface area contributed by atoms with Crippen molar-refractivity contribution in [1.29, 1.82) is 0 Å². The van der Waals surface area contributed by atoms with Crippen molar-refractivity contribution in [3.63, 3.8) is 0 Å². The topological polar surface area (TPSA) is 78.9 Å². The molecule has 0 N–H and O–H groups in total. The average molecular weight is 523 g/mol. The molecule has 0 aromatic heterocycles. The Morgan fingerprint density at radius 3 is 2.17 bits per heavy atom. The van der Waals surface area contributed by atoms with Crippen LogP contribution in [0.25, 0.3) is 0 Å². The van der Waals surface area contributed by atoms with E-state index >= 15 is 0 Å². The van der Waals surface area contributed by atoms with Crippen LogP contribution in [0.1, 0.15) is 29.2 Å². The SMILES string of the molecule is CCOC(=O)COc1ccc(S(=O)(=O)c2ccc(OCc3ccc(C(F)(F)F)cc3)cc2C)cc1C. The minimum atomic E-state index is -4.41. The van der Waals surface area contributed by atoms with E-state index in [1.807, 2.05) is 0 Å². The lowest BCUT2D eigenvalue weighted by atomic mass is 10.1.